The van der Waals surface area contributed by atoms with Crippen LogP contribution in [0.15, 0.2) is 59.8 Å². The number of ether oxygens (including phenoxy) is 2. The molecule has 0 bridgehead atoms. The van der Waals surface area contributed by atoms with Gasteiger partial charge in [0.05, 0.1) is 33.9 Å². The summed E-state index contributed by atoms with van der Waals surface area (Å²) in [5, 5.41) is 14.2. The molecule has 32 heavy (non-hydrogen) atoms. The van der Waals surface area contributed by atoms with Gasteiger partial charge in [-0.25, -0.2) is 9.59 Å². The Morgan fingerprint density at radius 1 is 1.19 bits per heavy atom. The van der Waals surface area contributed by atoms with E-state index < -0.39 is 23.0 Å². The number of nitrogens with zero attached hydrogens (tertiary/aromatic N) is 2. The van der Waals surface area contributed by atoms with Crippen LogP contribution in [0.4, 0.5) is 10.5 Å². The summed E-state index contributed by atoms with van der Waals surface area (Å²) in [6.45, 7) is 3.75. The number of urea groups is 1. The van der Waals surface area contributed by atoms with Crippen LogP contribution in [0.2, 0.25) is 5.02 Å². The summed E-state index contributed by atoms with van der Waals surface area (Å²) in [6, 6.07) is 11.2. The maximum Gasteiger partial charge on any atom is 0.338 e. The number of esters is 1. The molecule has 1 aliphatic heterocycles. The number of para-hydroxylation sites is 1. The van der Waals surface area contributed by atoms with Gasteiger partial charge in [0.25, 0.3) is 5.69 Å². The molecular weight excluding hydrogens is 438 g/mol. The van der Waals surface area contributed by atoms with Crippen LogP contribution in [0.5, 0.6) is 5.75 Å². The summed E-state index contributed by atoms with van der Waals surface area (Å²) in [5.41, 5.74) is 0.917. The fraction of sp³-hybridized carbons (Fsp3) is 0.273. The predicted molar refractivity (Wildman–Crippen MR) is 117 cm³/mol. The van der Waals surface area contributed by atoms with Crippen molar-refractivity contribution in [3.05, 3.63) is 80.5 Å². The zero-order valence-electron chi connectivity index (χ0n) is 17.5. The molecule has 168 valence electrons. The maximum atomic E-state index is 13.0. The summed E-state index contributed by atoms with van der Waals surface area (Å²) in [4.78, 5) is 37.7. The summed E-state index contributed by atoms with van der Waals surface area (Å²) in [6.07, 6.45) is 0. The van der Waals surface area contributed by atoms with Crippen molar-refractivity contribution in [1.82, 2.24) is 10.2 Å². The second-order valence-corrected chi connectivity index (χ2v) is 7.18. The van der Waals surface area contributed by atoms with Crippen LogP contribution in [0.1, 0.15) is 25.5 Å². The number of nitro groups is 1. The molecule has 2 aromatic rings. The number of nitro benzene ring substituents is 1. The number of nitrogens with one attached hydrogen (secondary N) is 1. The largest absolute Gasteiger partial charge is 0.486 e. The summed E-state index contributed by atoms with van der Waals surface area (Å²) >= 11 is 6.17. The van der Waals surface area contributed by atoms with E-state index in [1.807, 2.05) is 0 Å². The number of hydrogen-bond acceptors (Lipinski definition) is 6. The van der Waals surface area contributed by atoms with Gasteiger partial charge >= 0.3 is 12.0 Å². The molecule has 1 atom stereocenters. The lowest BCUT2D eigenvalue weighted by atomic mass is 9.94. The van der Waals surface area contributed by atoms with Crippen LogP contribution < -0.4 is 10.1 Å². The molecule has 3 rings (SSSR count). The monoisotopic (exact) mass is 459 g/mol. The molecule has 1 aliphatic rings. The second kappa shape index (κ2) is 10.1. The molecule has 2 amide bonds. The van der Waals surface area contributed by atoms with Crippen molar-refractivity contribution in [1.29, 1.82) is 0 Å². The van der Waals surface area contributed by atoms with Crippen LogP contribution in [0, 0.1) is 10.1 Å². The van der Waals surface area contributed by atoms with E-state index in [1.165, 1.54) is 29.2 Å². The van der Waals surface area contributed by atoms with Crippen molar-refractivity contribution >= 4 is 29.3 Å². The van der Waals surface area contributed by atoms with Gasteiger partial charge < -0.3 is 14.8 Å². The molecule has 0 saturated carbocycles. The van der Waals surface area contributed by atoms with Gasteiger partial charge in [-0.05, 0) is 43.7 Å². The fourth-order valence-electron chi connectivity index (χ4n) is 3.39. The van der Waals surface area contributed by atoms with Gasteiger partial charge in [0.15, 0.2) is 0 Å². The lowest BCUT2D eigenvalue weighted by Crippen LogP contribution is -2.49. The third-order valence-electron chi connectivity index (χ3n) is 4.89. The number of benzene rings is 2. The summed E-state index contributed by atoms with van der Waals surface area (Å²) in [5.74, 6) is -0.217. The fourth-order valence-corrected chi connectivity index (χ4v) is 3.58. The molecule has 0 radical (unpaired) electrons. The third-order valence-corrected chi connectivity index (χ3v) is 5.20. The van der Waals surface area contributed by atoms with Crippen LogP contribution in [0.3, 0.4) is 0 Å². The van der Waals surface area contributed by atoms with Crippen molar-refractivity contribution in [3.63, 3.8) is 0 Å². The van der Waals surface area contributed by atoms with Crippen LogP contribution in [0.25, 0.3) is 0 Å². The minimum atomic E-state index is -0.866. The predicted octanol–water partition coefficient (Wildman–Crippen LogP) is 4.23. The van der Waals surface area contributed by atoms with Gasteiger partial charge in [-0.15, -0.1) is 0 Å². The normalized spacial score (nSPS) is 15.9. The molecule has 0 fully saturated rings. The minimum absolute atomic E-state index is 0.102. The Morgan fingerprint density at radius 2 is 1.88 bits per heavy atom. The average Bonchev–Trinajstić information content (AvgIpc) is 2.78. The Hall–Kier alpha value is -3.59. The van der Waals surface area contributed by atoms with E-state index in [2.05, 4.69) is 5.32 Å². The van der Waals surface area contributed by atoms with Crippen molar-refractivity contribution in [3.8, 4) is 5.75 Å². The molecule has 1 N–H and O–H groups in total. The SMILES string of the molecule is CCOC(=O)C1=C(COc2ccccc2Cl)N(CC)C(=O)NC1c1ccc([N+](=O)[O-])cc1. The zero-order chi connectivity index (χ0) is 23.3. The standard InChI is InChI=1S/C22H22ClN3O6/c1-3-25-17(13-32-18-8-6-5-7-16(18)23)19(21(27)31-4-2)20(24-22(25)28)14-9-11-15(12-10-14)26(29)30/h5-12,20H,3-4,13H2,1-2H3,(H,24,28). The number of rotatable bonds is 8. The third kappa shape index (κ3) is 4.83. The van der Waals surface area contributed by atoms with Gasteiger partial charge in [-0.2, -0.15) is 0 Å². The first-order valence-corrected chi connectivity index (χ1v) is 10.3. The molecule has 1 unspecified atom stereocenters. The van der Waals surface area contributed by atoms with Gasteiger partial charge in [0.2, 0.25) is 0 Å². The van der Waals surface area contributed by atoms with Gasteiger partial charge in [-0.3, -0.25) is 15.0 Å². The Bertz CT molecular complexity index is 1050. The highest BCUT2D eigenvalue weighted by molar-refractivity contribution is 6.32. The van der Waals surface area contributed by atoms with Gasteiger partial charge in [0.1, 0.15) is 12.4 Å². The number of amides is 2. The van der Waals surface area contributed by atoms with Gasteiger partial charge in [0, 0.05) is 18.7 Å². The summed E-state index contributed by atoms with van der Waals surface area (Å²) in [7, 11) is 0. The molecule has 2 aromatic carbocycles. The van der Waals surface area contributed by atoms with E-state index in [9.17, 15) is 19.7 Å². The van der Waals surface area contributed by atoms with Crippen LogP contribution in [-0.2, 0) is 9.53 Å². The molecule has 9 nitrogen and oxygen atoms in total. The van der Waals surface area contributed by atoms with Crippen LogP contribution in [-0.4, -0.2) is 41.6 Å². The number of likely N-dealkylation sites (N-methyl/N-ethyl adjacent to an activating group) is 1. The minimum Gasteiger partial charge on any atom is -0.486 e. The lowest BCUT2D eigenvalue weighted by Gasteiger charge is -2.36. The molecular formula is C22H22ClN3O6. The maximum absolute atomic E-state index is 13.0. The highest BCUT2D eigenvalue weighted by Gasteiger charge is 2.38. The van der Waals surface area contributed by atoms with E-state index in [4.69, 9.17) is 21.1 Å². The first-order chi connectivity index (χ1) is 15.4. The number of non-ortho nitro benzene ring substituents is 1. The number of hydrogen-bond donors (Lipinski definition) is 1. The quantitative estimate of drug-likeness (QED) is 0.359. The smallest absolute Gasteiger partial charge is 0.338 e. The lowest BCUT2D eigenvalue weighted by molar-refractivity contribution is -0.384. The van der Waals surface area contributed by atoms with E-state index in [0.717, 1.165) is 0 Å². The van der Waals surface area contributed by atoms with Crippen molar-refractivity contribution in [2.24, 2.45) is 0 Å². The van der Waals surface area contributed by atoms with E-state index in [1.54, 1.807) is 38.1 Å². The molecule has 10 heteroatoms. The topological polar surface area (TPSA) is 111 Å². The second-order valence-electron chi connectivity index (χ2n) is 6.78. The van der Waals surface area contributed by atoms with E-state index in [-0.39, 0.29) is 31.0 Å². The molecule has 0 saturated heterocycles. The Kier molecular flexibility index (Phi) is 7.32. The number of halogens is 1. The number of carbonyl (C=O) groups excluding carboxylic acids is 2. The Balaban J connectivity index is 2.07. The molecule has 0 aromatic heterocycles. The van der Waals surface area contributed by atoms with Crippen molar-refractivity contribution < 1.29 is 24.0 Å². The van der Waals surface area contributed by atoms with E-state index >= 15 is 0 Å². The van der Waals surface area contributed by atoms with Crippen molar-refractivity contribution in [2.45, 2.75) is 19.9 Å². The van der Waals surface area contributed by atoms with Crippen LogP contribution >= 0.6 is 11.6 Å². The van der Waals surface area contributed by atoms with Crippen molar-refractivity contribution in [2.75, 3.05) is 19.8 Å². The average molecular weight is 460 g/mol. The number of carbonyl (C=O) groups is 2. The summed E-state index contributed by atoms with van der Waals surface area (Å²) < 4.78 is 11.1. The van der Waals surface area contributed by atoms with Gasteiger partial charge in [-0.1, -0.05) is 23.7 Å². The zero-order valence-corrected chi connectivity index (χ0v) is 18.3. The first kappa shape index (κ1) is 23.1. The molecule has 0 aliphatic carbocycles. The Labute approximate surface area is 189 Å². The highest BCUT2D eigenvalue weighted by Crippen LogP contribution is 2.33. The van der Waals surface area contributed by atoms with E-state index in [0.29, 0.717) is 22.0 Å². The first-order valence-electron chi connectivity index (χ1n) is 9.97. The molecule has 0 spiro atoms. The molecule has 1 heterocycles. The highest BCUT2D eigenvalue weighted by atomic mass is 35.5. The Morgan fingerprint density at radius 3 is 2.47 bits per heavy atom.